The molecule has 0 saturated heterocycles. The number of ether oxygens (including phenoxy) is 1. The Hall–Kier alpha value is -2.09. The van der Waals surface area contributed by atoms with Crippen LogP contribution in [0.25, 0.3) is 0 Å². The van der Waals surface area contributed by atoms with Crippen LogP contribution in [0, 0.1) is 11.3 Å². The molecule has 1 aliphatic rings. The lowest BCUT2D eigenvalue weighted by Gasteiger charge is -2.30. The Morgan fingerprint density at radius 2 is 2.05 bits per heavy atom. The summed E-state index contributed by atoms with van der Waals surface area (Å²) in [7, 11) is 0. The molecule has 0 aromatic carbocycles. The summed E-state index contributed by atoms with van der Waals surface area (Å²) in [5, 5.41) is 8.81. The van der Waals surface area contributed by atoms with E-state index in [4.69, 9.17) is 10.00 Å². The molecule has 1 amide bonds. The number of nitrogens with zero attached hydrogens (tertiary/aromatic N) is 3. The lowest BCUT2D eigenvalue weighted by Crippen LogP contribution is -2.40. The van der Waals surface area contributed by atoms with Crippen LogP contribution in [-0.2, 0) is 17.7 Å². The molecule has 1 aliphatic heterocycles. The molecule has 114 valence electrons. The smallest absolute Gasteiger partial charge is 0.410 e. The van der Waals surface area contributed by atoms with E-state index in [9.17, 15) is 4.79 Å². The molecular formula is C16H23N3O2. The first-order valence-electron chi connectivity index (χ1n) is 7.26. The van der Waals surface area contributed by atoms with Crippen LogP contribution in [0.5, 0.6) is 0 Å². The van der Waals surface area contributed by atoms with Crippen molar-refractivity contribution in [3.63, 3.8) is 0 Å². The second-order valence-corrected chi connectivity index (χ2v) is 5.57. The van der Waals surface area contributed by atoms with E-state index in [-0.39, 0.29) is 6.09 Å². The minimum atomic E-state index is -0.486. The first-order valence-corrected chi connectivity index (χ1v) is 7.26. The first-order chi connectivity index (χ1) is 9.89. The van der Waals surface area contributed by atoms with Crippen molar-refractivity contribution in [2.75, 3.05) is 6.54 Å². The summed E-state index contributed by atoms with van der Waals surface area (Å²) in [6.45, 7) is 10.6. The largest absolute Gasteiger partial charge is 0.444 e. The number of carbonyl (C=O) groups excluding carboxylic acids is 1. The van der Waals surface area contributed by atoms with Gasteiger partial charge in [-0.05, 0) is 32.4 Å². The van der Waals surface area contributed by atoms with Crippen molar-refractivity contribution < 1.29 is 9.53 Å². The van der Waals surface area contributed by atoms with E-state index >= 15 is 0 Å². The Kier molecular flexibility index (Phi) is 5.71. The van der Waals surface area contributed by atoms with Crippen molar-refractivity contribution in [3.05, 3.63) is 29.1 Å². The summed E-state index contributed by atoms with van der Waals surface area (Å²) in [5.74, 6) is 0. The number of fused-ring (bicyclic) bond motifs is 1. The van der Waals surface area contributed by atoms with Crippen molar-refractivity contribution in [1.82, 2.24) is 9.88 Å². The highest BCUT2D eigenvalue weighted by molar-refractivity contribution is 5.68. The fourth-order valence-electron chi connectivity index (χ4n) is 1.96. The number of aromatic nitrogens is 1. The van der Waals surface area contributed by atoms with E-state index in [1.54, 1.807) is 11.0 Å². The van der Waals surface area contributed by atoms with E-state index in [2.05, 4.69) is 4.98 Å². The molecule has 0 fully saturated rings. The lowest BCUT2D eigenvalue weighted by molar-refractivity contribution is 0.0223. The molecule has 0 aliphatic carbocycles. The van der Waals surface area contributed by atoms with Gasteiger partial charge in [0, 0.05) is 18.7 Å². The normalized spacial score (nSPS) is 13.4. The highest BCUT2D eigenvalue weighted by Gasteiger charge is 2.26. The van der Waals surface area contributed by atoms with Gasteiger partial charge in [-0.25, -0.2) is 9.78 Å². The van der Waals surface area contributed by atoms with Gasteiger partial charge in [0.25, 0.3) is 0 Å². The minimum absolute atomic E-state index is 0.303. The summed E-state index contributed by atoms with van der Waals surface area (Å²) >= 11 is 0. The predicted molar refractivity (Wildman–Crippen MR) is 80.6 cm³/mol. The Balaban J connectivity index is 0.00000106. The van der Waals surface area contributed by atoms with Crippen molar-refractivity contribution in [2.45, 2.75) is 53.2 Å². The van der Waals surface area contributed by atoms with Crippen LogP contribution in [0.15, 0.2) is 12.1 Å². The second kappa shape index (κ2) is 7.07. The molecular weight excluding hydrogens is 266 g/mol. The molecule has 0 N–H and O–H groups in total. The number of hydrogen-bond acceptors (Lipinski definition) is 4. The molecule has 21 heavy (non-hydrogen) atoms. The standard InChI is InChI=1S/C14H17N3O2.C2H6/c1-14(2,3)19-13(18)17-7-6-12-10(9-17)4-5-11(8-15)16-12;1-2/h4-5H,6-7,9H2,1-3H3;1-2H3. The second-order valence-electron chi connectivity index (χ2n) is 5.57. The summed E-state index contributed by atoms with van der Waals surface area (Å²) in [4.78, 5) is 17.9. The number of carbonyl (C=O) groups is 1. The Bertz CT molecular complexity index is 541. The predicted octanol–water partition coefficient (Wildman–Crippen LogP) is 3.27. The Labute approximate surface area is 126 Å². The first kappa shape index (κ1) is 17.0. The van der Waals surface area contributed by atoms with Gasteiger partial charge in [0.05, 0.1) is 6.54 Å². The monoisotopic (exact) mass is 289 g/mol. The number of hydrogen-bond donors (Lipinski definition) is 0. The molecule has 0 atom stereocenters. The number of pyridine rings is 1. The fraction of sp³-hybridized carbons (Fsp3) is 0.562. The molecule has 2 rings (SSSR count). The van der Waals surface area contributed by atoms with Gasteiger partial charge in [-0.15, -0.1) is 0 Å². The van der Waals surface area contributed by atoms with Crippen LogP contribution < -0.4 is 0 Å². The summed E-state index contributed by atoms with van der Waals surface area (Å²) < 4.78 is 5.35. The minimum Gasteiger partial charge on any atom is -0.444 e. The third-order valence-electron chi connectivity index (χ3n) is 2.81. The maximum Gasteiger partial charge on any atom is 0.410 e. The summed E-state index contributed by atoms with van der Waals surface area (Å²) in [6.07, 6.45) is 0.354. The van der Waals surface area contributed by atoms with Gasteiger partial charge in [-0.3, -0.25) is 0 Å². The molecule has 0 saturated carbocycles. The van der Waals surface area contributed by atoms with Crippen molar-refractivity contribution in [1.29, 1.82) is 5.26 Å². The maximum absolute atomic E-state index is 12.0. The molecule has 5 nitrogen and oxygen atoms in total. The fourth-order valence-corrected chi connectivity index (χ4v) is 1.96. The summed E-state index contributed by atoms with van der Waals surface area (Å²) in [6, 6.07) is 5.56. The number of amides is 1. The Morgan fingerprint density at radius 1 is 1.38 bits per heavy atom. The maximum atomic E-state index is 12.0. The molecule has 2 heterocycles. The topological polar surface area (TPSA) is 66.2 Å². The van der Waals surface area contributed by atoms with Crippen LogP contribution in [0.3, 0.4) is 0 Å². The third kappa shape index (κ3) is 4.75. The molecule has 0 unspecified atom stereocenters. The van der Waals surface area contributed by atoms with E-state index in [0.717, 1.165) is 11.3 Å². The van der Waals surface area contributed by atoms with Gasteiger partial charge in [-0.1, -0.05) is 19.9 Å². The van der Waals surface area contributed by atoms with Crippen LogP contribution in [0.2, 0.25) is 0 Å². The van der Waals surface area contributed by atoms with Crippen LogP contribution >= 0.6 is 0 Å². The van der Waals surface area contributed by atoms with Gasteiger partial charge in [0.15, 0.2) is 0 Å². The van der Waals surface area contributed by atoms with E-state index in [1.165, 1.54) is 0 Å². The number of nitriles is 1. The highest BCUT2D eigenvalue weighted by atomic mass is 16.6. The highest BCUT2D eigenvalue weighted by Crippen LogP contribution is 2.20. The zero-order chi connectivity index (χ0) is 16.0. The van der Waals surface area contributed by atoms with E-state index in [0.29, 0.717) is 25.2 Å². The number of rotatable bonds is 0. The molecule has 1 aromatic rings. The van der Waals surface area contributed by atoms with Gasteiger partial charge in [-0.2, -0.15) is 5.26 Å². The van der Waals surface area contributed by atoms with Gasteiger partial charge in [0.1, 0.15) is 17.4 Å². The zero-order valence-corrected chi connectivity index (χ0v) is 13.4. The average molecular weight is 289 g/mol. The van der Waals surface area contributed by atoms with Crippen molar-refractivity contribution in [2.24, 2.45) is 0 Å². The molecule has 0 radical (unpaired) electrons. The zero-order valence-electron chi connectivity index (χ0n) is 13.4. The lowest BCUT2D eigenvalue weighted by atomic mass is 10.1. The average Bonchev–Trinajstić information content (AvgIpc) is 2.46. The third-order valence-corrected chi connectivity index (χ3v) is 2.81. The van der Waals surface area contributed by atoms with E-state index in [1.807, 2.05) is 46.8 Å². The molecule has 0 spiro atoms. The van der Waals surface area contributed by atoms with Gasteiger partial charge < -0.3 is 9.64 Å². The van der Waals surface area contributed by atoms with Crippen molar-refractivity contribution >= 4 is 6.09 Å². The quantitative estimate of drug-likeness (QED) is 0.735. The van der Waals surface area contributed by atoms with Crippen LogP contribution in [0.1, 0.15) is 51.6 Å². The van der Waals surface area contributed by atoms with Crippen molar-refractivity contribution in [3.8, 4) is 6.07 Å². The van der Waals surface area contributed by atoms with E-state index < -0.39 is 5.60 Å². The molecule has 5 heteroatoms. The SMILES string of the molecule is CC.CC(C)(C)OC(=O)N1CCc2nc(C#N)ccc2C1. The Morgan fingerprint density at radius 3 is 2.62 bits per heavy atom. The van der Waals surface area contributed by atoms with Crippen LogP contribution in [0.4, 0.5) is 4.79 Å². The van der Waals surface area contributed by atoms with Gasteiger partial charge in [0.2, 0.25) is 0 Å². The summed E-state index contributed by atoms with van der Waals surface area (Å²) in [5.41, 5.74) is 1.82. The van der Waals surface area contributed by atoms with Gasteiger partial charge >= 0.3 is 6.09 Å². The molecule has 1 aromatic heterocycles. The van der Waals surface area contributed by atoms with Crippen LogP contribution in [-0.4, -0.2) is 28.1 Å². The molecule has 0 bridgehead atoms.